The third-order valence-electron chi connectivity index (χ3n) is 4.88. The van der Waals surface area contributed by atoms with Crippen molar-refractivity contribution in [2.75, 3.05) is 11.6 Å². The van der Waals surface area contributed by atoms with E-state index in [9.17, 15) is 21.6 Å². The van der Waals surface area contributed by atoms with E-state index >= 15 is 0 Å². The molecule has 4 rings (SSSR count). The van der Waals surface area contributed by atoms with Gasteiger partial charge in [0, 0.05) is 13.4 Å². The summed E-state index contributed by atoms with van der Waals surface area (Å²) in [4.78, 5) is 0. The van der Waals surface area contributed by atoms with Crippen LogP contribution in [0, 0.1) is 0 Å². The molecule has 1 N–H and O–H groups in total. The van der Waals surface area contributed by atoms with E-state index in [0.717, 1.165) is 18.4 Å². The Morgan fingerprint density at radius 1 is 1.07 bits per heavy atom. The maximum absolute atomic E-state index is 12.7. The minimum Gasteiger partial charge on any atom is -0.419 e. The number of aromatic nitrogens is 2. The fourth-order valence-electron chi connectivity index (χ4n) is 3.05. The van der Waals surface area contributed by atoms with Crippen LogP contribution in [-0.2, 0) is 20.8 Å². The molecule has 1 saturated carbocycles. The predicted molar refractivity (Wildman–Crippen MR) is 102 cm³/mol. The van der Waals surface area contributed by atoms with Crippen molar-refractivity contribution in [1.29, 1.82) is 0 Å². The highest BCUT2D eigenvalue weighted by molar-refractivity contribution is 7.91. The van der Waals surface area contributed by atoms with Gasteiger partial charge in [-0.1, -0.05) is 12.1 Å². The monoisotopic (exact) mass is 425 g/mol. The lowest BCUT2D eigenvalue weighted by Gasteiger charge is -2.12. The summed E-state index contributed by atoms with van der Waals surface area (Å²) >= 11 is 0. The van der Waals surface area contributed by atoms with Gasteiger partial charge in [-0.2, -0.15) is 13.2 Å². The number of benzene rings is 2. The Labute approximate surface area is 166 Å². The van der Waals surface area contributed by atoms with Crippen molar-refractivity contribution in [2.24, 2.45) is 0 Å². The van der Waals surface area contributed by atoms with E-state index in [2.05, 4.69) is 15.5 Å². The molecule has 1 aliphatic carbocycles. The fourth-order valence-corrected chi connectivity index (χ4v) is 4.29. The summed E-state index contributed by atoms with van der Waals surface area (Å²) in [7, 11) is -3.39. The number of hydrogen-bond donors (Lipinski definition) is 1. The Morgan fingerprint density at radius 3 is 2.31 bits per heavy atom. The Bertz CT molecular complexity index is 1160. The van der Waals surface area contributed by atoms with Gasteiger partial charge in [-0.05, 0) is 49.2 Å². The Morgan fingerprint density at radius 2 is 1.72 bits per heavy atom. The average Bonchev–Trinajstić information content (AvgIpc) is 3.34. The number of anilines is 2. The molecular formula is C19H18F3N3O3S. The fraction of sp³-hybridized carbons (Fsp3) is 0.263. The zero-order valence-corrected chi connectivity index (χ0v) is 16.0. The number of para-hydroxylation sites is 1. The van der Waals surface area contributed by atoms with Crippen LogP contribution in [0.4, 0.5) is 24.5 Å². The van der Waals surface area contributed by atoms with Crippen LogP contribution in [0.5, 0.6) is 0 Å². The standard InChI is InChI=1S/C19H16F3N3O3S.H2/c1-29(26,27)18(10-11-18)17-25-24-16(28-17)14-4-2-3-5-15(14)23-13-8-6-12(7-9-13)19(20,21)22;/h2-9,23H,10-11H2,1H3;1H. The van der Waals surface area contributed by atoms with Crippen LogP contribution >= 0.6 is 0 Å². The summed E-state index contributed by atoms with van der Waals surface area (Å²) < 4.78 is 66.8. The van der Waals surface area contributed by atoms with Crippen molar-refractivity contribution < 1.29 is 27.4 Å². The van der Waals surface area contributed by atoms with E-state index in [1.165, 1.54) is 12.1 Å². The molecule has 154 valence electrons. The van der Waals surface area contributed by atoms with Crippen LogP contribution in [0.1, 0.15) is 25.7 Å². The maximum atomic E-state index is 12.7. The number of sulfone groups is 1. The zero-order valence-electron chi connectivity index (χ0n) is 15.2. The Hall–Kier alpha value is -2.88. The third kappa shape index (κ3) is 3.59. The number of nitrogens with one attached hydrogen (secondary N) is 1. The first-order valence-corrected chi connectivity index (χ1v) is 10.6. The lowest BCUT2D eigenvalue weighted by Crippen LogP contribution is -2.19. The van der Waals surface area contributed by atoms with Crippen LogP contribution in [0.3, 0.4) is 0 Å². The van der Waals surface area contributed by atoms with Crippen molar-refractivity contribution >= 4 is 21.2 Å². The summed E-state index contributed by atoms with van der Waals surface area (Å²) in [6.45, 7) is 0. The first-order chi connectivity index (χ1) is 13.6. The largest absolute Gasteiger partial charge is 0.419 e. The first kappa shape index (κ1) is 19.4. The van der Waals surface area contributed by atoms with Gasteiger partial charge in [0.25, 0.3) is 0 Å². The van der Waals surface area contributed by atoms with E-state index in [0.29, 0.717) is 29.8 Å². The van der Waals surface area contributed by atoms with E-state index in [1.54, 1.807) is 24.3 Å². The third-order valence-corrected chi connectivity index (χ3v) is 6.88. The summed E-state index contributed by atoms with van der Waals surface area (Å²) in [5.74, 6) is 0.185. The summed E-state index contributed by atoms with van der Waals surface area (Å²) in [6.07, 6.45) is -2.41. The van der Waals surface area contributed by atoms with Gasteiger partial charge in [-0.25, -0.2) is 8.42 Å². The number of halogens is 3. The molecule has 1 heterocycles. The van der Waals surface area contributed by atoms with Gasteiger partial charge in [-0.15, -0.1) is 10.2 Å². The summed E-state index contributed by atoms with van der Waals surface area (Å²) in [5, 5.41) is 10.9. The van der Waals surface area contributed by atoms with Crippen LogP contribution < -0.4 is 5.32 Å². The number of nitrogens with zero attached hydrogens (tertiary/aromatic N) is 2. The molecule has 1 fully saturated rings. The van der Waals surface area contributed by atoms with Gasteiger partial charge >= 0.3 is 6.18 Å². The smallest absolute Gasteiger partial charge is 0.416 e. The van der Waals surface area contributed by atoms with Crippen LogP contribution in [0.15, 0.2) is 52.9 Å². The molecule has 0 bridgehead atoms. The molecule has 0 aliphatic heterocycles. The SMILES string of the molecule is CS(=O)(=O)C1(c2nnc(-c3ccccc3Nc3ccc(C(F)(F)F)cc3)o2)CC1.[HH]. The van der Waals surface area contributed by atoms with E-state index in [1.807, 2.05) is 0 Å². The second-order valence-electron chi connectivity index (χ2n) is 6.92. The van der Waals surface area contributed by atoms with Crippen LogP contribution in [0.25, 0.3) is 11.5 Å². The van der Waals surface area contributed by atoms with Crippen molar-refractivity contribution in [3.63, 3.8) is 0 Å². The van der Waals surface area contributed by atoms with Gasteiger partial charge in [0.15, 0.2) is 9.84 Å². The molecule has 3 aromatic rings. The molecule has 6 nitrogen and oxygen atoms in total. The second kappa shape index (κ2) is 6.58. The highest BCUT2D eigenvalue weighted by atomic mass is 32.2. The lowest BCUT2D eigenvalue weighted by molar-refractivity contribution is -0.137. The summed E-state index contributed by atoms with van der Waals surface area (Å²) in [6, 6.07) is 11.5. The lowest BCUT2D eigenvalue weighted by atomic mass is 10.1. The topological polar surface area (TPSA) is 85.1 Å². The van der Waals surface area contributed by atoms with Gasteiger partial charge in [0.05, 0.1) is 16.8 Å². The van der Waals surface area contributed by atoms with E-state index < -0.39 is 26.3 Å². The number of hydrogen-bond acceptors (Lipinski definition) is 6. The highest BCUT2D eigenvalue weighted by Gasteiger charge is 2.58. The van der Waals surface area contributed by atoms with Gasteiger partial charge in [-0.3, -0.25) is 0 Å². The molecule has 1 aliphatic rings. The molecule has 1 aromatic heterocycles. The second-order valence-corrected chi connectivity index (χ2v) is 9.25. The molecule has 0 atom stereocenters. The van der Waals surface area contributed by atoms with E-state index in [-0.39, 0.29) is 13.2 Å². The zero-order chi connectivity index (χ0) is 20.9. The van der Waals surface area contributed by atoms with Crippen LogP contribution in [0.2, 0.25) is 0 Å². The minimum atomic E-state index is -4.41. The first-order valence-electron chi connectivity index (χ1n) is 8.67. The minimum absolute atomic E-state index is 0. The Kier molecular flexibility index (Phi) is 4.41. The quantitative estimate of drug-likeness (QED) is 0.633. The van der Waals surface area contributed by atoms with Crippen LogP contribution in [-0.4, -0.2) is 24.9 Å². The molecule has 0 saturated heterocycles. The van der Waals surface area contributed by atoms with Crippen molar-refractivity contribution in [1.82, 2.24) is 10.2 Å². The number of rotatable bonds is 5. The number of alkyl halides is 3. The molecular weight excluding hydrogens is 407 g/mol. The highest BCUT2D eigenvalue weighted by Crippen LogP contribution is 2.52. The van der Waals surface area contributed by atoms with Gasteiger partial charge in [0.2, 0.25) is 11.8 Å². The molecule has 0 amide bonds. The van der Waals surface area contributed by atoms with Gasteiger partial charge in [0.1, 0.15) is 4.75 Å². The van der Waals surface area contributed by atoms with Crippen molar-refractivity contribution in [3.05, 3.63) is 60.0 Å². The summed E-state index contributed by atoms with van der Waals surface area (Å²) in [5.41, 5.74) is 0.746. The average molecular weight is 425 g/mol. The van der Waals surface area contributed by atoms with Gasteiger partial charge < -0.3 is 9.73 Å². The van der Waals surface area contributed by atoms with E-state index in [4.69, 9.17) is 4.42 Å². The molecule has 10 heteroatoms. The molecule has 2 aromatic carbocycles. The maximum Gasteiger partial charge on any atom is 0.416 e. The molecule has 0 unspecified atom stereocenters. The predicted octanol–water partition coefficient (Wildman–Crippen LogP) is 4.78. The molecule has 0 spiro atoms. The molecule has 0 radical (unpaired) electrons. The van der Waals surface area contributed by atoms with Crippen molar-refractivity contribution in [2.45, 2.75) is 23.8 Å². The Balaban J connectivity index is 0.00000256. The van der Waals surface area contributed by atoms with Crippen molar-refractivity contribution in [3.8, 4) is 11.5 Å². The normalized spacial score (nSPS) is 15.9. The molecule has 29 heavy (non-hydrogen) atoms.